The summed E-state index contributed by atoms with van der Waals surface area (Å²) < 4.78 is 5.62. The number of likely N-dealkylation sites (N-methyl/N-ethyl adjacent to an activating group) is 2. The lowest BCUT2D eigenvalue weighted by molar-refractivity contribution is -0.0779. The van der Waals surface area contributed by atoms with Crippen molar-refractivity contribution in [3.8, 4) is 0 Å². The van der Waals surface area contributed by atoms with Crippen molar-refractivity contribution in [2.45, 2.75) is 50.6 Å². The average Bonchev–Trinajstić information content (AvgIpc) is 3.23. The lowest BCUT2D eigenvalue weighted by Gasteiger charge is -2.34. The van der Waals surface area contributed by atoms with Crippen LogP contribution in [-0.2, 0) is 4.74 Å². The topological polar surface area (TPSA) is 117 Å². The number of hydrogen-bond acceptors (Lipinski definition) is 10. The molecule has 152 valence electrons. The molecule has 10 heteroatoms. The highest BCUT2D eigenvalue weighted by atomic mass is 16.6. The minimum absolute atomic E-state index is 0.294. The van der Waals surface area contributed by atoms with Gasteiger partial charge >= 0.3 is 0 Å². The van der Waals surface area contributed by atoms with Gasteiger partial charge in [-0.15, -0.1) is 0 Å². The van der Waals surface area contributed by atoms with E-state index in [1.54, 1.807) is 11.2 Å². The summed E-state index contributed by atoms with van der Waals surface area (Å²) in [6, 6.07) is -0.294. The van der Waals surface area contributed by atoms with Gasteiger partial charge in [0.15, 0.2) is 12.4 Å². The Morgan fingerprint density at radius 1 is 1.15 bits per heavy atom. The molecular formula is C17H30N6O4. The number of nitrogens with zero attached hydrogens (tertiary/aromatic N) is 6. The molecule has 0 saturated carbocycles. The van der Waals surface area contributed by atoms with E-state index in [1.807, 2.05) is 7.05 Å². The highest BCUT2D eigenvalue weighted by Gasteiger charge is 2.50. The molecule has 3 aliphatic rings. The summed E-state index contributed by atoms with van der Waals surface area (Å²) in [5.74, 6) is 0.813. The van der Waals surface area contributed by atoms with Crippen LogP contribution in [0.25, 0.3) is 0 Å². The highest BCUT2D eigenvalue weighted by molar-refractivity contribution is 5.97. The van der Waals surface area contributed by atoms with Crippen LogP contribution < -0.4 is 0 Å². The maximum atomic E-state index is 10.3. The van der Waals surface area contributed by atoms with Gasteiger partial charge in [0.1, 0.15) is 36.5 Å². The molecule has 0 aliphatic carbocycles. The Morgan fingerprint density at radius 3 is 2.52 bits per heavy atom. The molecule has 3 N–H and O–H groups in total. The fourth-order valence-corrected chi connectivity index (χ4v) is 3.67. The molecule has 0 spiro atoms. The molecule has 1 saturated heterocycles. The van der Waals surface area contributed by atoms with Gasteiger partial charge in [0, 0.05) is 20.1 Å². The molecule has 1 fully saturated rings. The third-order valence-corrected chi connectivity index (χ3v) is 5.47. The summed E-state index contributed by atoms with van der Waals surface area (Å²) >= 11 is 0. The normalized spacial score (nSPS) is 35.1. The minimum atomic E-state index is -1.15. The van der Waals surface area contributed by atoms with Crippen molar-refractivity contribution in [1.82, 2.24) is 14.7 Å². The van der Waals surface area contributed by atoms with Gasteiger partial charge < -0.3 is 34.8 Å². The maximum absolute atomic E-state index is 10.3. The zero-order valence-corrected chi connectivity index (χ0v) is 16.1. The Hall–Kier alpha value is -1.59. The summed E-state index contributed by atoms with van der Waals surface area (Å²) in [6.07, 6.45) is -1.23. The van der Waals surface area contributed by atoms with Gasteiger partial charge in [-0.25, -0.2) is 9.98 Å². The van der Waals surface area contributed by atoms with Crippen molar-refractivity contribution in [2.75, 3.05) is 39.8 Å². The quantitative estimate of drug-likeness (QED) is 0.475. The average molecular weight is 382 g/mol. The summed E-state index contributed by atoms with van der Waals surface area (Å²) in [6.45, 7) is 7.68. The second-order valence-electron chi connectivity index (χ2n) is 7.00. The van der Waals surface area contributed by atoms with Gasteiger partial charge in [-0.05, 0) is 13.1 Å². The molecule has 0 aromatic rings. The predicted octanol–water partition coefficient (Wildman–Crippen LogP) is -1.82. The van der Waals surface area contributed by atoms with Crippen LogP contribution >= 0.6 is 0 Å². The molecule has 27 heavy (non-hydrogen) atoms. The van der Waals surface area contributed by atoms with Crippen molar-refractivity contribution >= 4 is 18.5 Å². The molecule has 0 radical (unpaired) electrons. The van der Waals surface area contributed by atoms with E-state index in [0.29, 0.717) is 0 Å². The Labute approximate surface area is 159 Å². The van der Waals surface area contributed by atoms with Gasteiger partial charge in [-0.2, -0.15) is 0 Å². The van der Waals surface area contributed by atoms with Crippen LogP contribution in [0, 0.1) is 0 Å². The molecule has 3 aliphatic heterocycles. The zero-order chi connectivity index (χ0) is 19.6. The summed E-state index contributed by atoms with van der Waals surface area (Å²) in [5, 5.41) is 29.6. The van der Waals surface area contributed by atoms with Crippen LogP contribution in [-0.4, -0.2) is 125 Å². The van der Waals surface area contributed by atoms with Gasteiger partial charge in [0.05, 0.1) is 12.9 Å². The van der Waals surface area contributed by atoms with E-state index < -0.39 is 30.7 Å². The number of rotatable bonds is 7. The maximum Gasteiger partial charge on any atom is 0.162 e. The Kier molecular flexibility index (Phi) is 6.43. The van der Waals surface area contributed by atoms with E-state index in [4.69, 9.17) is 4.74 Å². The van der Waals surface area contributed by atoms with Crippen molar-refractivity contribution in [3.05, 3.63) is 0 Å². The van der Waals surface area contributed by atoms with Crippen molar-refractivity contribution in [2.24, 2.45) is 15.0 Å². The zero-order valence-electron chi connectivity index (χ0n) is 16.1. The van der Waals surface area contributed by atoms with Crippen LogP contribution in [0.2, 0.25) is 0 Å². The molecular weight excluding hydrogens is 352 g/mol. The lowest BCUT2D eigenvalue weighted by Crippen LogP contribution is -2.52. The first-order valence-electron chi connectivity index (χ1n) is 9.47. The van der Waals surface area contributed by atoms with E-state index in [9.17, 15) is 15.3 Å². The smallest absolute Gasteiger partial charge is 0.162 e. The van der Waals surface area contributed by atoms with Gasteiger partial charge in [0.2, 0.25) is 0 Å². The van der Waals surface area contributed by atoms with Crippen LogP contribution in [0.3, 0.4) is 0 Å². The SMILES string of the molecule is CCN(CC)CCN(C)C1=NC=NC2C1N=CN2[C@@H]1O[C@H](CO)[C@@H](O)[C@H]1O. The summed E-state index contributed by atoms with van der Waals surface area (Å²) in [5.41, 5.74) is 0. The van der Waals surface area contributed by atoms with E-state index in [1.165, 1.54) is 6.34 Å². The van der Waals surface area contributed by atoms with Crippen molar-refractivity contribution < 1.29 is 20.1 Å². The standard InChI is InChI=1S/C17H30N6O4/c1-4-22(5-2)7-6-21(3)15-12-16(19-9-18-15)23(10-20-12)17-14(26)13(25)11(8-24)27-17/h9-14,16-17,24-26H,4-8H2,1-3H3/t11-,12?,13-,14-,16?,17-/m1/s1. The third kappa shape index (κ3) is 3.85. The summed E-state index contributed by atoms with van der Waals surface area (Å²) in [7, 11) is 1.99. The number of hydrogen-bond donors (Lipinski definition) is 3. The molecule has 0 amide bonds. The molecule has 10 nitrogen and oxygen atoms in total. The van der Waals surface area contributed by atoms with E-state index in [-0.39, 0.29) is 12.6 Å². The molecule has 0 aromatic carbocycles. The number of ether oxygens (including phenoxy) is 1. The fraction of sp³-hybridized carbons (Fsp3) is 0.824. The minimum Gasteiger partial charge on any atom is -0.394 e. The monoisotopic (exact) mass is 382 g/mol. The Morgan fingerprint density at radius 2 is 1.89 bits per heavy atom. The molecule has 3 rings (SSSR count). The number of aliphatic hydroxyl groups excluding tert-OH is 3. The second-order valence-corrected chi connectivity index (χ2v) is 7.00. The van der Waals surface area contributed by atoms with Crippen molar-refractivity contribution in [3.63, 3.8) is 0 Å². The molecule has 0 bridgehead atoms. The first kappa shape index (κ1) is 20.2. The highest BCUT2D eigenvalue weighted by Crippen LogP contribution is 2.30. The van der Waals surface area contributed by atoms with Gasteiger partial charge in [-0.3, -0.25) is 4.99 Å². The number of amidine groups is 1. The first-order chi connectivity index (χ1) is 13.0. The fourth-order valence-electron chi connectivity index (χ4n) is 3.67. The Balaban J connectivity index is 1.66. The van der Waals surface area contributed by atoms with Crippen molar-refractivity contribution in [1.29, 1.82) is 0 Å². The van der Waals surface area contributed by atoms with E-state index in [0.717, 1.165) is 32.0 Å². The van der Waals surface area contributed by atoms with Crippen LogP contribution in [0.15, 0.2) is 15.0 Å². The molecule has 3 heterocycles. The van der Waals surface area contributed by atoms with Crippen LogP contribution in [0.5, 0.6) is 0 Å². The van der Waals surface area contributed by atoms with Gasteiger partial charge in [-0.1, -0.05) is 13.8 Å². The lowest BCUT2D eigenvalue weighted by atomic mass is 10.1. The molecule has 2 unspecified atom stereocenters. The van der Waals surface area contributed by atoms with Gasteiger partial charge in [0.25, 0.3) is 0 Å². The first-order valence-corrected chi connectivity index (χ1v) is 9.47. The number of fused-ring (bicyclic) bond motifs is 1. The number of aliphatic hydroxyl groups is 3. The van der Waals surface area contributed by atoms with E-state index >= 15 is 0 Å². The largest absolute Gasteiger partial charge is 0.394 e. The molecule has 6 atom stereocenters. The summed E-state index contributed by atoms with van der Waals surface area (Å²) in [4.78, 5) is 19.5. The molecule has 0 aromatic heterocycles. The third-order valence-electron chi connectivity index (χ3n) is 5.47. The van der Waals surface area contributed by atoms with Crippen LogP contribution in [0.4, 0.5) is 0 Å². The van der Waals surface area contributed by atoms with Crippen LogP contribution in [0.1, 0.15) is 13.8 Å². The number of aliphatic imine (C=N–C) groups is 3. The Bertz CT molecular complexity index is 596. The van der Waals surface area contributed by atoms with E-state index in [2.05, 4.69) is 38.6 Å². The second kappa shape index (κ2) is 8.61. The predicted molar refractivity (Wildman–Crippen MR) is 102 cm³/mol.